The minimum absolute atomic E-state index is 0.0694. The van der Waals surface area contributed by atoms with Crippen molar-refractivity contribution in [2.75, 3.05) is 65.4 Å². The third-order valence-corrected chi connectivity index (χ3v) is 22.4. The van der Waals surface area contributed by atoms with Crippen molar-refractivity contribution in [1.82, 2.24) is 51.5 Å². The summed E-state index contributed by atoms with van der Waals surface area (Å²) < 4.78 is 26.4. The molecule has 0 aliphatic carbocycles. The quantitative estimate of drug-likeness (QED) is 0.0175. The lowest BCUT2D eigenvalue weighted by Crippen LogP contribution is -2.37. The lowest BCUT2D eigenvalue weighted by atomic mass is 10.0. The summed E-state index contributed by atoms with van der Waals surface area (Å²) in [4.78, 5) is 77.9. The van der Waals surface area contributed by atoms with E-state index in [1.165, 1.54) is 41.0 Å². The predicted octanol–water partition coefficient (Wildman–Crippen LogP) is 14.4. The highest BCUT2D eigenvalue weighted by Crippen LogP contribution is 2.33. The predicted molar refractivity (Wildman–Crippen MR) is 526 cm³/mol. The lowest BCUT2D eigenvalue weighted by Gasteiger charge is -2.11. The molecule has 25 nitrogen and oxygen atoms in total. The van der Waals surface area contributed by atoms with E-state index in [9.17, 15) is 32.8 Å². The number of aromatic amines is 5. The Morgan fingerprint density at radius 3 is 0.862 bits per heavy atom. The highest BCUT2D eigenvalue weighted by atomic mass is 19.1. The summed E-state index contributed by atoms with van der Waals surface area (Å²) in [6.45, 7) is 11.4. The Morgan fingerprint density at radius 2 is 0.538 bits per heavy atom. The number of aryl methyl sites for hydroxylation is 3. The van der Waals surface area contributed by atoms with Crippen molar-refractivity contribution in [3.05, 3.63) is 299 Å². The van der Waals surface area contributed by atoms with Crippen LogP contribution in [0.15, 0.2) is 243 Å². The van der Waals surface area contributed by atoms with Crippen LogP contribution in [0.5, 0.6) is 0 Å². The topological polar surface area (TPSA) is 485 Å². The highest BCUT2D eigenvalue weighted by Gasteiger charge is 2.20. The van der Waals surface area contributed by atoms with Crippen LogP contribution in [0.25, 0.3) is 110 Å². The van der Waals surface area contributed by atoms with Gasteiger partial charge in [-0.3, -0.25) is 24.0 Å². The second kappa shape index (κ2) is 48.8. The second-order valence-electron chi connectivity index (χ2n) is 33.0. The number of carbonyl (C=O) groups excluding carboxylic acids is 5. The molecule has 5 aromatic heterocycles. The van der Waals surface area contributed by atoms with Crippen molar-refractivity contribution < 1.29 is 32.8 Å². The number of aromatic nitrogens is 5. The van der Waals surface area contributed by atoms with Gasteiger partial charge in [-0.2, -0.15) is 0 Å². The maximum absolute atomic E-state index is 13.2. The fourth-order valence-corrected chi connectivity index (χ4v) is 14.8. The summed E-state index contributed by atoms with van der Waals surface area (Å²) in [7, 11) is 0. The van der Waals surface area contributed by atoms with Crippen LogP contribution < -0.4 is 83.9 Å². The number of para-hydroxylation sites is 1. The fraction of sp³-hybridized carbons (Fsp3) is 0.272. The Kier molecular flexibility index (Phi) is 36.5. The molecule has 10 aromatic carbocycles. The molecule has 5 atom stereocenters. The summed E-state index contributed by atoms with van der Waals surface area (Å²) in [6, 6.07) is 76.7. The third kappa shape index (κ3) is 28.4. The SMILES string of the molecule is Cc1ccc(-c2ccc3cc(C(=O)NC[C@H](N)CCCN)[nH]c3c2)cc1.Cc1ccc(-c2ccc3cc(C(=O)NC[C@H](N)CCCN)[nH]c3c2)cc1.Cc1ccc(-c2ccc3cc(C(=O)NC[C@H](N)CCCN)[nH]c3c2)cc1.NCCC[C@H](N)CNC(=O)c1cc2c(-c3ccc(F)cc3)cccc2[nH]1.NCCC[C@H](N)CNC(=O)c1cc2cccc(-c3ccc(F)cc3)c2[nH]1. The molecule has 0 bridgehead atoms. The number of H-pyrrole nitrogens is 5. The number of hydrogen-bond donors (Lipinski definition) is 20. The number of halogens is 2. The van der Waals surface area contributed by atoms with Crippen molar-refractivity contribution in [2.45, 2.75) is 115 Å². The molecule has 15 rings (SSSR count). The molecule has 5 heterocycles. The number of fused-ring (bicyclic) bond motifs is 5. The Balaban J connectivity index is 0.000000157. The largest absolute Gasteiger partial charge is 0.351 e. The van der Waals surface area contributed by atoms with Gasteiger partial charge in [0.25, 0.3) is 29.5 Å². The highest BCUT2D eigenvalue weighted by molar-refractivity contribution is 6.05. The van der Waals surface area contributed by atoms with Gasteiger partial charge in [0.15, 0.2) is 0 Å². The van der Waals surface area contributed by atoms with Crippen molar-refractivity contribution in [2.24, 2.45) is 57.3 Å². The molecular weight excluding hydrogens is 1640 g/mol. The Bertz CT molecular complexity index is 5660. The van der Waals surface area contributed by atoms with Crippen LogP contribution in [0.1, 0.15) is 133 Å². The zero-order chi connectivity index (χ0) is 92.6. The monoisotopic (exact) mass is 1760 g/mol. The van der Waals surface area contributed by atoms with Crippen LogP contribution in [0, 0.1) is 32.4 Å². The molecule has 130 heavy (non-hydrogen) atoms. The maximum Gasteiger partial charge on any atom is 0.267 e. The van der Waals surface area contributed by atoms with Crippen LogP contribution in [0.4, 0.5) is 8.78 Å². The minimum atomic E-state index is -0.279. The first-order valence-electron chi connectivity index (χ1n) is 44.4. The Labute approximate surface area is 757 Å². The molecule has 0 saturated heterocycles. The standard InChI is InChI=1S/3C21H26N4O.2C20H23FN4O/c3*1-14-4-6-15(7-5-14)16-8-9-17-12-20(25-19(17)11-16)21(26)24-13-18(23)3-2-10-22;21-14-8-6-13(7-9-14)16-4-1-5-18-17(16)11-19(25-18)20(26)24-12-15(23)3-2-10-22;21-15-8-6-13(7-9-15)17-5-1-3-14-11-18(25-19(14)17)20(26)24-12-16(23)4-2-10-22/h3*4-9,11-12,18,25H,2-3,10,13,22-23H2,1H3,(H,24,26);1,4-9,11,15,25H,2-3,10,12,22-23H2,(H,24,26);1,3,5-9,11,16,25H,2,4,10,12,22-23H2,(H,24,26)/t3*18-;15-;16-/m11100/s1. The zero-order valence-corrected chi connectivity index (χ0v) is 74.2. The Morgan fingerprint density at radius 1 is 0.277 bits per heavy atom. The van der Waals surface area contributed by atoms with Crippen molar-refractivity contribution in [3.63, 3.8) is 0 Å². The first kappa shape index (κ1) is 97.3. The molecule has 680 valence electrons. The molecule has 0 fully saturated rings. The summed E-state index contributed by atoms with van der Waals surface area (Å²) in [5, 5.41) is 19.2. The molecule has 0 radical (unpaired) electrons. The van der Waals surface area contributed by atoms with Gasteiger partial charge in [0, 0.05) is 117 Å². The molecular formula is C103H124F2N20O5. The van der Waals surface area contributed by atoms with E-state index in [0.29, 0.717) is 93.9 Å². The first-order valence-corrected chi connectivity index (χ1v) is 44.4. The van der Waals surface area contributed by atoms with E-state index in [0.717, 1.165) is 174 Å². The van der Waals surface area contributed by atoms with E-state index < -0.39 is 0 Å². The zero-order valence-electron chi connectivity index (χ0n) is 74.2. The molecule has 5 amide bonds. The summed E-state index contributed by atoms with van der Waals surface area (Å²) in [5.74, 6) is -1.37. The number of nitrogens with two attached hydrogens (primary N) is 10. The number of hydrogen-bond acceptors (Lipinski definition) is 15. The molecule has 0 aliphatic rings. The van der Waals surface area contributed by atoms with E-state index in [1.54, 1.807) is 24.3 Å². The van der Waals surface area contributed by atoms with Gasteiger partial charge in [0.1, 0.15) is 40.1 Å². The van der Waals surface area contributed by atoms with Crippen LogP contribution >= 0.6 is 0 Å². The first-order chi connectivity index (χ1) is 62.8. The molecule has 27 heteroatoms. The van der Waals surface area contributed by atoms with Gasteiger partial charge in [0.05, 0.1) is 5.52 Å². The van der Waals surface area contributed by atoms with Crippen molar-refractivity contribution >= 4 is 84.1 Å². The van der Waals surface area contributed by atoms with E-state index in [4.69, 9.17) is 57.3 Å². The lowest BCUT2D eigenvalue weighted by molar-refractivity contribution is 0.0938. The molecule has 0 spiro atoms. The minimum Gasteiger partial charge on any atom is -0.351 e. The molecule has 0 aliphatic heterocycles. The second-order valence-corrected chi connectivity index (χ2v) is 33.0. The van der Waals surface area contributed by atoms with E-state index in [-0.39, 0.29) is 71.4 Å². The van der Waals surface area contributed by atoms with Gasteiger partial charge in [0.2, 0.25) is 0 Å². The van der Waals surface area contributed by atoms with Crippen LogP contribution in [0.2, 0.25) is 0 Å². The van der Waals surface area contributed by atoms with Gasteiger partial charge in [-0.15, -0.1) is 0 Å². The number of nitrogens with one attached hydrogen (secondary N) is 10. The van der Waals surface area contributed by atoms with E-state index >= 15 is 0 Å². The maximum atomic E-state index is 13.2. The third-order valence-electron chi connectivity index (χ3n) is 22.4. The van der Waals surface area contributed by atoms with Gasteiger partial charge in [-0.25, -0.2) is 8.78 Å². The number of amides is 5. The fourth-order valence-electron chi connectivity index (χ4n) is 14.8. The van der Waals surface area contributed by atoms with E-state index in [2.05, 4.69) is 181 Å². The summed E-state index contributed by atoms with van der Waals surface area (Å²) in [5.41, 5.74) is 78.5. The normalized spacial score (nSPS) is 12.3. The molecule has 0 unspecified atom stereocenters. The van der Waals surface area contributed by atoms with Crippen LogP contribution in [0.3, 0.4) is 0 Å². The molecule has 15 aromatic rings. The van der Waals surface area contributed by atoms with Crippen molar-refractivity contribution in [1.29, 1.82) is 0 Å². The number of rotatable bonds is 35. The Hall–Kier alpha value is -13.3. The smallest absolute Gasteiger partial charge is 0.267 e. The average molecular weight is 1760 g/mol. The van der Waals surface area contributed by atoms with Crippen molar-refractivity contribution in [3.8, 4) is 55.6 Å². The number of carbonyl (C=O) groups is 5. The molecule has 0 saturated carbocycles. The van der Waals surface area contributed by atoms with Gasteiger partial charge < -0.3 is 109 Å². The molecule has 30 N–H and O–H groups in total. The van der Waals surface area contributed by atoms with Gasteiger partial charge in [-0.1, -0.05) is 180 Å². The van der Waals surface area contributed by atoms with E-state index in [1.807, 2.05) is 84.9 Å². The van der Waals surface area contributed by atoms with Gasteiger partial charge >= 0.3 is 0 Å². The van der Waals surface area contributed by atoms with Crippen LogP contribution in [-0.2, 0) is 0 Å². The summed E-state index contributed by atoms with van der Waals surface area (Å²) >= 11 is 0. The average Bonchev–Trinajstić information content (AvgIpc) is 1.65. The summed E-state index contributed by atoms with van der Waals surface area (Å²) in [6.07, 6.45) is 8.25. The van der Waals surface area contributed by atoms with Crippen LogP contribution in [-0.4, -0.2) is 150 Å². The number of benzene rings is 10. The van der Waals surface area contributed by atoms with Gasteiger partial charge in [-0.05, 0) is 247 Å².